The van der Waals surface area contributed by atoms with E-state index in [1.807, 2.05) is 0 Å². The van der Waals surface area contributed by atoms with Crippen molar-refractivity contribution in [3.63, 3.8) is 0 Å². The summed E-state index contributed by atoms with van der Waals surface area (Å²) in [5.41, 5.74) is -0.0844. The van der Waals surface area contributed by atoms with Gasteiger partial charge >= 0.3 is 6.18 Å². The van der Waals surface area contributed by atoms with Crippen LogP contribution >= 0.6 is 0 Å². The van der Waals surface area contributed by atoms with E-state index >= 15 is 0 Å². The number of nitrogens with zero attached hydrogens (tertiary/aromatic N) is 1. The molecule has 1 N–H and O–H groups in total. The molecule has 1 fully saturated rings. The van der Waals surface area contributed by atoms with Crippen molar-refractivity contribution in [2.75, 3.05) is 20.3 Å². The molecule has 1 aromatic heterocycles. The lowest BCUT2D eigenvalue weighted by Gasteiger charge is -2.12. The van der Waals surface area contributed by atoms with Gasteiger partial charge < -0.3 is 19.2 Å². The van der Waals surface area contributed by atoms with Crippen molar-refractivity contribution in [3.8, 4) is 5.75 Å². The summed E-state index contributed by atoms with van der Waals surface area (Å²) in [6, 6.07) is 11.1. The second-order valence-corrected chi connectivity index (χ2v) is 7.35. The normalized spacial score (nSPS) is 17.0. The number of carbonyl (C=O) groups excluding carboxylic acids is 1. The van der Waals surface area contributed by atoms with Gasteiger partial charge in [-0.3, -0.25) is 4.79 Å². The maximum absolute atomic E-state index is 12.9. The number of methoxy groups -OCH3 is 1. The van der Waals surface area contributed by atoms with Crippen LogP contribution in [0.1, 0.15) is 28.8 Å². The number of rotatable bonds is 5. The smallest absolute Gasteiger partial charge is 0.416 e. The number of halogens is 3. The molecule has 0 unspecified atom stereocenters. The Morgan fingerprint density at radius 3 is 2.66 bits per heavy atom. The van der Waals surface area contributed by atoms with E-state index in [-0.39, 0.29) is 22.9 Å². The standard InChI is InChI=1S/C23H21F3N2O4/c1-30-19-6-2-4-14-12-18(21(29)27-13-17-5-3-11-31-17)22(32-20(14)19)28-16-9-7-15(8-10-16)23(24,25)26/h2,4,6-10,12,17H,3,5,11,13H2,1H3,(H,27,29)/t17-/m1/s1. The molecule has 3 aromatic rings. The first-order valence-corrected chi connectivity index (χ1v) is 10.1. The zero-order chi connectivity index (χ0) is 22.7. The molecule has 2 aromatic carbocycles. The molecule has 0 saturated carbocycles. The van der Waals surface area contributed by atoms with Crippen LogP contribution in [0.3, 0.4) is 0 Å². The van der Waals surface area contributed by atoms with Gasteiger partial charge in [-0.25, -0.2) is 4.99 Å². The Balaban J connectivity index is 1.76. The van der Waals surface area contributed by atoms with Gasteiger partial charge in [-0.1, -0.05) is 12.1 Å². The van der Waals surface area contributed by atoms with Crippen molar-refractivity contribution in [2.24, 2.45) is 4.99 Å². The minimum absolute atomic E-state index is 0.0356. The third-order valence-corrected chi connectivity index (χ3v) is 5.14. The second-order valence-electron chi connectivity index (χ2n) is 7.35. The van der Waals surface area contributed by atoms with Crippen molar-refractivity contribution in [1.29, 1.82) is 0 Å². The van der Waals surface area contributed by atoms with E-state index in [0.717, 1.165) is 25.0 Å². The van der Waals surface area contributed by atoms with Gasteiger partial charge in [0.2, 0.25) is 5.55 Å². The zero-order valence-electron chi connectivity index (χ0n) is 17.2. The fraction of sp³-hybridized carbons (Fsp3) is 0.304. The van der Waals surface area contributed by atoms with Crippen LogP contribution in [-0.2, 0) is 10.9 Å². The molecule has 4 rings (SSSR count). The predicted molar refractivity (Wildman–Crippen MR) is 111 cm³/mol. The summed E-state index contributed by atoms with van der Waals surface area (Å²) in [5, 5.41) is 3.45. The van der Waals surface area contributed by atoms with Crippen molar-refractivity contribution in [2.45, 2.75) is 25.1 Å². The maximum atomic E-state index is 12.9. The van der Waals surface area contributed by atoms with Crippen LogP contribution in [0.15, 0.2) is 57.9 Å². The fourth-order valence-corrected chi connectivity index (χ4v) is 3.48. The summed E-state index contributed by atoms with van der Waals surface area (Å²) < 4.78 is 55.3. The highest BCUT2D eigenvalue weighted by Gasteiger charge is 2.30. The summed E-state index contributed by atoms with van der Waals surface area (Å²) in [7, 11) is 1.49. The monoisotopic (exact) mass is 446 g/mol. The van der Waals surface area contributed by atoms with Gasteiger partial charge in [-0.05, 0) is 49.2 Å². The summed E-state index contributed by atoms with van der Waals surface area (Å²) in [4.78, 5) is 17.2. The van der Waals surface area contributed by atoms with Gasteiger partial charge in [0.1, 0.15) is 5.56 Å². The molecule has 168 valence electrons. The third-order valence-electron chi connectivity index (χ3n) is 5.14. The molecule has 0 spiro atoms. The van der Waals surface area contributed by atoms with E-state index in [1.165, 1.54) is 19.2 Å². The highest BCUT2D eigenvalue weighted by atomic mass is 19.4. The number of nitrogens with one attached hydrogen (secondary N) is 1. The minimum Gasteiger partial charge on any atom is -0.493 e. The molecule has 1 aliphatic heterocycles. The third kappa shape index (κ3) is 4.77. The first-order valence-electron chi connectivity index (χ1n) is 10.1. The number of ether oxygens (including phenoxy) is 2. The van der Waals surface area contributed by atoms with Gasteiger partial charge in [0.25, 0.3) is 5.91 Å². The Kier molecular flexibility index (Phi) is 6.18. The van der Waals surface area contributed by atoms with E-state index in [0.29, 0.717) is 29.9 Å². The first-order chi connectivity index (χ1) is 15.3. The number of alkyl halides is 3. The average molecular weight is 446 g/mol. The molecule has 0 aliphatic carbocycles. The van der Waals surface area contributed by atoms with E-state index in [9.17, 15) is 18.0 Å². The van der Waals surface area contributed by atoms with Crippen molar-refractivity contribution >= 4 is 22.6 Å². The van der Waals surface area contributed by atoms with Crippen LogP contribution in [0.5, 0.6) is 5.75 Å². The number of hydrogen-bond acceptors (Lipinski definition) is 5. The topological polar surface area (TPSA) is 73.1 Å². The fourth-order valence-electron chi connectivity index (χ4n) is 3.48. The molecule has 6 nitrogen and oxygen atoms in total. The number of hydrogen-bond donors (Lipinski definition) is 1. The second kappa shape index (κ2) is 9.04. The van der Waals surface area contributed by atoms with Crippen LogP contribution in [0.2, 0.25) is 0 Å². The lowest BCUT2D eigenvalue weighted by Crippen LogP contribution is -2.34. The van der Waals surface area contributed by atoms with Crippen LogP contribution < -0.4 is 15.6 Å². The summed E-state index contributed by atoms with van der Waals surface area (Å²) in [5.74, 6) is 0.0253. The van der Waals surface area contributed by atoms with Crippen molar-refractivity contribution < 1.29 is 31.9 Å². The first kappa shape index (κ1) is 21.9. The van der Waals surface area contributed by atoms with Crippen LogP contribution in [-0.4, -0.2) is 32.3 Å². The van der Waals surface area contributed by atoms with Gasteiger partial charge in [-0.15, -0.1) is 0 Å². The van der Waals surface area contributed by atoms with E-state index in [4.69, 9.17) is 13.9 Å². The van der Waals surface area contributed by atoms with Gasteiger partial charge in [0.05, 0.1) is 24.5 Å². The van der Waals surface area contributed by atoms with Gasteiger partial charge in [-0.2, -0.15) is 13.2 Å². The molecule has 1 aliphatic rings. The number of fused-ring (bicyclic) bond motifs is 1. The number of benzene rings is 2. The molecule has 1 atom stereocenters. The Hall–Kier alpha value is -3.33. The lowest BCUT2D eigenvalue weighted by atomic mass is 10.1. The van der Waals surface area contributed by atoms with Crippen LogP contribution in [0, 0.1) is 0 Å². The largest absolute Gasteiger partial charge is 0.493 e. The SMILES string of the molecule is COc1cccc2cc(C(=O)NC[C@H]3CCCO3)c(=Nc3ccc(C(F)(F)F)cc3)oc12. The van der Waals surface area contributed by atoms with Crippen LogP contribution in [0.25, 0.3) is 11.0 Å². The van der Waals surface area contributed by atoms with Crippen LogP contribution in [0.4, 0.5) is 18.9 Å². The summed E-state index contributed by atoms with van der Waals surface area (Å²) >= 11 is 0. The Labute approximate surface area is 181 Å². The minimum atomic E-state index is -4.45. The molecule has 2 heterocycles. The molecular formula is C23H21F3N2O4. The van der Waals surface area contributed by atoms with E-state index in [2.05, 4.69) is 10.3 Å². The molecule has 1 saturated heterocycles. The highest BCUT2D eigenvalue weighted by Crippen LogP contribution is 2.30. The maximum Gasteiger partial charge on any atom is 0.416 e. The number of para-hydroxylation sites is 1. The number of amides is 1. The lowest BCUT2D eigenvalue weighted by molar-refractivity contribution is -0.137. The van der Waals surface area contributed by atoms with E-state index in [1.54, 1.807) is 24.3 Å². The number of carbonyl (C=O) groups is 1. The Bertz CT molecular complexity index is 1180. The van der Waals surface area contributed by atoms with Gasteiger partial charge in [0.15, 0.2) is 11.3 Å². The molecule has 32 heavy (non-hydrogen) atoms. The average Bonchev–Trinajstić information content (AvgIpc) is 3.30. The zero-order valence-corrected chi connectivity index (χ0v) is 17.2. The molecule has 0 radical (unpaired) electrons. The Morgan fingerprint density at radius 1 is 1.22 bits per heavy atom. The molecule has 0 bridgehead atoms. The molecule has 9 heteroatoms. The van der Waals surface area contributed by atoms with E-state index < -0.39 is 17.6 Å². The van der Waals surface area contributed by atoms with Crippen molar-refractivity contribution in [3.05, 3.63) is 65.2 Å². The van der Waals surface area contributed by atoms with Crippen molar-refractivity contribution in [1.82, 2.24) is 5.32 Å². The quantitative estimate of drug-likeness (QED) is 0.622. The molecular weight excluding hydrogens is 425 g/mol. The highest BCUT2D eigenvalue weighted by molar-refractivity contribution is 5.97. The Morgan fingerprint density at radius 2 is 2.00 bits per heavy atom. The van der Waals surface area contributed by atoms with Gasteiger partial charge in [0, 0.05) is 18.5 Å². The summed E-state index contributed by atoms with van der Waals surface area (Å²) in [6.45, 7) is 1.01. The predicted octanol–water partition coefficient (Wildman–Crippen LogP) is 4.60. The molecule has 1 amide bonds. The summed E-state index contributed by atoms with van der Waals surface area (Å²) in [6.07, 6.45) is -2.69.